The Hall–Kier alpha value is -1.10. The minimum Gasteiger partial charge on any atom is -0.481 e. The topological polar surface area (TPSA) is 60.9 Å². The van der Waals surface area contributed by atoms with Crippen LogP contribution in [0.5, 0.6) is 0 Å². The van der Waals surface area contributed by atoms with Crippen LogP contribution in [0.3, 0.4) is 0 Å². The first kappa shape index (κ1) is 23.9. The van der Waals surface area contributed by atoms with Crippen molar-refractivity contribution in [3.8, 4) is 0 Å². The Morgan fingerprint density at radius 1 is 1.00 bits per heavy atom. The van der Waals surface area contributed by atoms with Crippen molar-refractivity contribution in [3.63, 3.8) is 0 Å². The quantitative estimate of drug-likeness (QED) is 0.508. The van der Waals surface area contributed by atoms with E-state index in [9.17, 15) is 9.59 Å². The van der Waals surface area contributed by atoms with Crippen molar-refractivity contribution in [3.05, 3.63) is 0 Å². The molecule has 1 aliphatic carbocycles. The van der Waals surface area contributed by atoms with Crippen LogP contribution < -0.4 is 0 Å². The summed E-state index contributed by atoms with van der Waals surface area (Å²) in [4.78, 5) is 28.1. The molecule has 0 bridgehead atoms. The number of carboxylic acid groups (broad SMARTS) is 1. The zero-order valence-electron chi connectivity index (χ0n) is 18.2. The van der Waals surface area contributed by atoms with Gasteiger partial charge in [0.05, 0.1) is 6.42 Å². The van der Waals surface area contributed by atoms with Gasteiger partial charge in [-0.15, -0.1) is 0 Å². The van der Waals surface area contributed by atoms with Gasteiger partial charge in [-0.25, -0.2) is 0 Å². The van der Waals surface area contributed by atoms with Gasteiger partial charge >= 0.3 is 5.97 Å². The van der Waals surface area contributed by atoms with Crippen molar-refractivity contribution >= 4 is 11.9 Å². The van der Waals surface area contributed by atoms with Crippen molar-refractivity contribution in [2.45, 2.75) is 97.6 Å². The van der Waals surface area contributed by atoms with E-state index in [0.717, 1.165) is 51.5 Å². The molecule has 27 heavy (non-hydrogen) atoms. The van der Waals surface area contributed by atoms with Crippen LogP contribution in [0, 0.1) is 11.8 Å². The van der Waals surface area contributed by atoms with Gasteiger partial charge in [-0.2, -0.15) is 0 Å². The average Bonchev–Trinajstić information content (AvgIpc) is 2.59. The minimum absolute atomic E-state index is 0.0494. The molecule has 0 aromatic rings. The molecule has 0 aromatic heterocycles. The fourth-order valence-electron chi connectivity index (χ4n) is 3.96. The van der Waals surface area contributed by atoms with Gasteiger partial charge in [0.1, 0.15) is 0 Å². The third kappa shape index (κ3) is 9.59. The Morgan fingerprint density at radius 3 is 2.15 bits per heavy atom. The van der Waals surface area contributed by atoms with Crippen LogP contribution in [0.25, 0.3) is 0 Å². The van der Waals surface area contributed by atoms with Crippen LogP contribution >= 0.6 is 0 Å². The monoisotopic (exact) mass is 382 g/mol. The molecule has 1 fully saturated rings. The molecule has 1 rings (SSSR count). The second-order valence-corrected chi connectivity index (χ2v) is 9.08. The number of hydrogen-bond donors (Lipinski definition) is 1. The van der Waals surface area contributed by atoms with Gasteiger partial charge in [0.25, 0.3) is 0 Å². The molecule has 5 heteroatoms. The summed E-state index contributed by atoms with van der Waals surface area (Å²) in [5.41, 5.74) is 0. The third-order valence-corrected chi connectivity index (χ3v) is 5.99. The predicted octanol–water partition coefficient (Wildman–Crippen LogP) is 4.41. The molecule has 0 aliphatic heterocycles. The maximum Gasteiger partial charge on any atom is 0.305 e. The molecule has 158 valence electrons. The molecule has 0 unspecified atom stereocenters. The van der Waals surface area contributed by atoms with Gasteiger partial charge in [-0.05, 0) is 64.8 Å². The standard InChI is InChI=1S/C22H42N2O3/c1-17(2)8-6-7-9-21(25)24(15-14-22(26)27)20-12-10-19(11-13-20)16-23(5)18(3)4/h17-20H,6-16H2,1-5H3,(H,26,27). The van der Waals surface area contributed by atoms with E-state index >= 15 is 0 Å². The fourth-order valence-corrected chi connectivity index (χ4v) is 3.96. The number of aliphatic carboxylic acids is 1. The van der Waals surface area contributed by atoms with E-state index in [-0.39, 0.29) is 18.4 Å². The maximum absolute atomic E-state index is 12.8. The summed E-state index contributed by atoms with van der Waals surface area (Å²) in [7, 11) is 2.18. The molecule has 0 saturated heterocycles. The highest BCUT2D eigenvalue weighted by atomic mass is 16.4. The minimum atomic E-state index is -0.820. The van der Waals surface area contributed by atoms with Crippen LogP contribution in [-0.2, 0) is 9.59 Å². The van der Waals surface area contributed by atoms with E-state index in [1.807, 2.05) is 4.90 Å². The first-order valence-corrected chi connectivity index (χ1v) is 10.9. The molecule has 0 heterocycles. The summed E-state index contributed by atoms with van der Waals surface area (Å²) >= 11 is 0. The molecule has 1 N–H and O–H groups in total. The Bertz CT molecular complexity index is 443. The van der Waals surface area contributed by atoms with Crippen LogP contribution in [0.2, 0.25) is 0 Å². The molecule has 0 radical (unpaired) electrons. The van der Waals surface area contributed by atoms with Crippen molar-refractivity contribution < 1.29 is 14.7 Å². The van der Waals surface area contributed by atoms with Gasteiger partial charge in [0, 0.05) is 31.6 Å². The maximum atomic E-state index is 12.8. The molecular formula is C22H42N2O3. The first-order chi connectivity index (χ1) is 12.7. The van der Waals surface area contributed by atoms with Gasteiger partial charge < -0.3 is 14.9 Å². The highest BCUT2D eigenvalue weighted by Gasteiger charge is 2.29. The third-order valence-electron chi connectivity index (χ3n) is 5.99. The second kappa shape index (κ2) is 12.4. The smallest absolute Gasteiger partial charge is 0.305 e. The highest BCUT2D eigenvalue weighted by Crippen LogP contribution is 2.29. The zero-order chi connectivity index (χ0) is 20.4. The lowest BCUT2D eigenvalue weighted by molar-refractivity contribution is -0.139. The number of rotatable bonds is 12. The predicted molar refractivity (Wildman–Crippen MR) is 111 cm³/mol. The van der Waals surface area contributed by atoms with Crippen molar-refractivity contribution in [2.75, 3.05) is 20.1 Å². The molecular weight excluding hydrogens is 340 g/mol. The SMILES string of the molecule is CC(C)CCCCC(=O)N(CCC(=O)O)C1CCC(CN(C)C(C)C)CC1. The van der Waals surface area contributed by atoms with E-state index in [2.05, 4.69) is 39.6 Å². The number of unbranched alkanes of at least 4 members (excludes halogenated alkanes) is 1. The lowest BCUT2D eigenvalue weighted by Crippen LogP contribution is -2.44. The summed E-state index contributed by atoms with van der Waals surface area (Å²) in [5.74, 6) is 0.696. The van der Waals surface area contributed by atoms with E-state index in [1.165, 1.54) is 0 Å². The number of nitrogens with zero attached hydrogens (tertiary/aromatic N) is 2. The summed E-state index contributed by atoms with van der Waals surface area (Å²) in [6.45, 7) is 10.3. The Balaban J connectivity index is 2.53. The molecule has 0 spiro atoms. The number of carbonyl (C=O) groups is 2. The van der Waals surface area contributed by atoms with Gasteiger partial charge in [-0.3, -0.25) is 9.59 Å². The number of carboxylic acids is 1. The van der Waals surface area contributed by atoms with Gasteiger partial charge in [0.15, 0.2) is 0 Å². The van der Waals surface area contributed by atoms with Crippen molar-refractivity contribution in [1.82, 2.24) is 9.80 Å². The summed E-state index contributed by atoms with van der Waals surface area (Å²) in [6.07, 6.45) is 8.02. The fraction of sp³-hybridized carbons (Fsp3) is 0.909. The number of carbonyl (C=O) groups excluding carboxylic acids is 1. The molecule has 0 atom stereocenters. The van der Waals surface area contributed by atoms with E-state index < -0.39 is 5.97 Å². The summed E-state index contributed by atoms with van der Waals surface area (Å²) < 4.78 is 0. The van der Waals surface area contributed by atoms with Crippen molar-refractivity contribution in [2.24, 2.45) is 11.8 Å². The van der Waals surface area contributed by atoms with Crippen LogP contribution in [-0.4, -0.2) is 59.0 Å². The second-order valence-electron chi connectivity index (χ2n) is 9.08. The zero-order valence-corrected chi connectivity index (χ0v) is 18.2. The van der Waals surface area contributed by atoms with Crippen LogP contribution in [0.1, 0.15) is 85.5 Å². The van der Waals surface area contributed by atoms with Crippen LogP contribution in [0.4, 0.5) is 0 Å². The summed E-state index contributed by atoms with van der Waals surface area (Å²) in [6, 6.07) is 0.782. The lowest BCUT2D eigenvalue weighted by atomic mass is 9.84. The van der Waals surface area contributed by atoms with Crippen LogP contribution in [0.15, 0.2) is 0 Å². The first-order valence-electron chi connectivity index (χ1n) is 10.9. The average molecular weight is 383 g/mol. The van der Waals surface area contributed by atoms with Crippen molar-refractivity contribution in [1.29, 1.82) is 0 Å². The van der Waals surface area contributed by atoms with Gasteiger partial charge in [-0.1, -0.05) is 26.7 Å². The normalized spacial score (nSPS) is 20.4. The molecule has 0 aromatic carbocycles. The highest BCUT2D eigenvalue weighted by molar-refractivity contribution is 5.77. The van der Waals surface area contributed by atoms with E-state index in [4.69, 9.17) is 5.11 Å². The Kier molecular flexibility index (Phi) is 11.0. The summed E-state index contributed by atoms with van der Waals surface area (Å²) in [5, 5.41) is 9.07. The number of hydrogen-bond acceptors (Lipinski definition) is 3. The molecule has 1 amide bonds. The molecule has 5 nitrogen and oxygen atoms in total. The van der Waals surface area contributed by atoms with E-state index in [0.29, 0.717) is 30.8 Å². The Labute approximate surface area is 166 Å². The molecule has 1 saturated carbocycles. The van der Waals surface area contributed by atoms with E-state index in [1.54, 1.807) is 0 Å². The Morgan fingerprint density at radius 2 is 1.63 bits per heavy atom. The lowest BCUT2D eigenvalue weighted by Gasteiger charge is -2.38. The van der Waals surface area contributed by atoms with Gasteiger partial charge in [0.2, 0.25) is 5.91 Å². The molecule has 1 aliphatic rings. The largest absolute Gasteiger partial charge is 0.481 e. The number of amides is 1.